The Morgan fingerprint density at radius 1 is 1.07 bits per heavy atom. The number of hydrogen-bond acceptors (Lipinski definition) is 5. The summed E-state index contributed by atoms with van der Waals surface area (Å²) in [6.07, 6.45) is 0. The number of anilines is 2. The quantitative estimate of drug-likeness (QED) is 0.565. The van der Waals surface area contributed by atoms with Crippen molar-refractivity contribution in [3.63, 3.8) is 0 Å². The standard InChI is InChI=1S/C18H19F2N7O/c1-11-10-12(2)27(26-11)16-7-6-15(24-25-16)21-8-9-22-18(28)23-17-13(19)4-3-5-14(17)20/h3-7,10H,8-9H2,1-2H3,(H,21,24)(H2,22,23,28). The van der Waals surface area contributed by atoms with Crippen LogP contribution in [0.3, 0.4) is 0 Å². The van der Waals surface area contributed by atoms with Crippen molar-refractivity contribution in [3.05, 3.63) is 59.4 Å². The third-order valence-electron chi connectivity index (χ3n) is 3.80. The Morgan fingerprint density at radius 2 is 1.82 bits per heavy atom. The van der Waals surface area contributed by atoms with Crippen LogP contribution in [-0.4, -0.2) is 39.1 Å². The van der Waals surface area contributed by atoms with E-state index in [1.54, 1.807) is 16.8 Å². The summed E-state index contributed by atoms with van der Waals surface area (Å²) in [5.74, 6) is -0.564. The largest absolute Gasteiger partial charge is 0.367 e. The van der Waals surface area contributed by atoms with Gasteiger partial charge in [0.2, 0.25) is 0 Å². The van der Waals surface area contributed by atoms with Crippen LogP contribution in [0.1, 0.15) is 11.4 Å². The lowest BCUT2D eigenvalue weighted by molar-refractivity contribution is 0.252. The summed E-state index contributed by atoms with van der Waals surface area (Å²) in [4.78, 5) is 11.7. The SMILES string of the molecule is Cc1cc(C)n(-c2ccc(NCCNC(=O)Nc3c(F)cccc3F)nn2)n1. The number of aromatic nitrogens is 4. The fourth-order valence-electron chi connectivity index (χ4n) is 2.53. The minimum atomic E-state index is -0.841. The highest BCUT2D eigenvalue weighted by Crippen LogP contribution is 2.17. The normalized spacial score (nSPS) is 10.6. The van der Waals surface area contributed by atoms with Crippen molar-refractivity contribution in [2.45, 2.75) is 13.8 Å². The topological polar surface area (TPSA) is 96.8 Å². The summed E-state index contributed by atoms with van der Waals surface area (Å²) >= 11 is 0. The van der Waals surface area contributed by atoms with E-state index < -0.39 is 23.4 Å². The summed E-state index contributed by atoms with van der Waals surface area (Å²) in [6.45, 7) is 4.39. The number of rotatable bonds is 6. The van der Waals surface area contributed by atoms with Crippen molar-refractivity contribution in [3.8, 4) is 5.82 Å². The van der Waals surface area contributed by atoms with Gasteiger partial charge in [0.25, 0.3) is 0 Å². The van der Waals surface area contributed by atoms with E-state index in [1.807, 2.05) is 19.9 Å². The number of carbonyl (C=O) groups is 1. The van der Waals surface area contributed by atoms with Crippen molar-refractivity contribution in [2.75, 3.05) is 23.7 Å². The molecule has 0 aliphatic rings. The van der Waals surface area contributed by atoms with Crippen LogP contribution in [0.15, 0.2) is 36.4 Å². The van der Waals surface area contributed by atoms with Gasteiger partial charge in [0.05, 0.1) is 5.69 Å². The van der Waals surface area contributed by atoms with E-state index >= 15 is 0 Å². The molecule has 0 radical (unpaired) electrons. The highest BCUT2D eigenvalue weighted by molar-refractivity contribution is 5.89. The molecular formula is C18H19F2N7O. The Morgan fingerprint density at radius 3 is 2.43 bits per heavy atom. The lowest BCUT2D eigenvalue weighted by Crippen LogP contribution is -2.33. The lowest BCUT2D eigenvalue weighted by atomic mass is 10.3. The molecule has 3 aromatic rings. The van der Waals surface area contributed by atoms with Crippen LogP contribution in [0.2, 0.25) is 0 Å². The molecule has 1 aromatic carbocycles. The summed E-state index contributed by atoms with van der Waals surface area (Å²) in [7, 11) is 0. The van der Waals surface area contributed by atoms with Gasteiger partial charge in [-0.15, -0.1) is 10.2 Å². The third kappa shape index (κ3) is 4.58. The van der Waals surface area contributed by atoms with Crippen molar-refractivity contribution in [2.24, 2.45) is 0 Å². The molecule has 0 spiro atoms. The first-order chi connectivity index (χ1) is 13.4. The molecule has 0 saturated heterocycles. The van der Waals surface area contributed by atoms with Crippen molar-refractivity contribution >= 4 is 17.5 Å². The van der Waals surface area contributed by atoms with E-state index in [4.69, 9.17) is 0 Å². The molecule has 10 heteroatoms. The van der Waals surface area contributed by atoms with E-state index in [2.05, 4.69) is 31.2 Å². The summed E-state index contributed by atoms with van der Waals surface area (Å²) in [5, 5.41) is 20.1. The molecule has 0 fully saturated rings. The summed E-state index contributed by atoms with van der Waals surface area (Å²) < 4.78 is 28.7. The lowest BCUT2D eigenvalue weighted by Gasteiger charge is -2.10. The van der Waals surface area contributed by atoms with Gasteiger partial charge in [-0.2, -0.15) is 5.10 Å². The first-order valence-electron chi connectivity index (χ1n) is 8.54. The number of hydrogen-bond donors (Lipinski definition) is 3. The number of amides is 2. The predicted octanol–water partition coefficient (Wildman–Crippen LogP) is 2.79. The zero-order valence-electron chi connectivity index (χ0n) is 15.3. The Hall–Kier alpha value is -3.56. The van der Waals surface area contributed by atoms with Gasteiger partial charge in [-0.25, -0.2) is 18.3 Å². The van der Waals surface area contributed by atoms with Crippen LogP contribution >= 0.6 is 0 Å². The van der Waals surface area contributed by atoms with Crippen molar-refractivity contribution in [1.82, 2.24) is 25.3 Å². The highest BCUT2D eigenvalue weighted by Gasteiger charge is 2.11. The number of nitrogens with zero attached hydrogens (tertiary/aromatic N) is 4. The fourth-order valence-corrected chi connectivity index (χ4v) is 2.53. The van der Waals surface area contributed by atoms with Gasteiger partial charge in [-0.1, -0.05) is 6.07 Å². The number of nitrogens with one attached hydrogen (secondary N) is 3. The molecule has 0 unspecified atom stereocenters. The van der Waals surface area contributed by atoms with Gasteiger partial charge < -0.3 is 16.0 Å². The average Bonchev–Trinajstić information content (AvgIpc) is 3.01. The second-order valence-electron chi connectivity index (χ2n) is 6.02. The molecule has 0 bridgehead atoms. The average molecular weight is 387 g/mol. The van der Waals surface area contributed by atoms with E-state index in [9.17, 15) is 13.6 Å². The number of carbonyl (C=O) groups excluding carboxylic acids is 1. The van der Waals surface area contributed by atoms with Gasteiger partial charge in [0.1, 0.15) is 23.1 Å². The number of aryl methyl sites for hydroxylation is 2. The van der Waals surface area contributed by atoms with Crippen LogP contribution in [0, 0.1) is 25.5 Å². The van der Waals surface area contributed by atoms with E-state index in [0.717, 1.165) is 23.5 Å². The predicted molar refractivity (Wildman–Crippen MR) is 100 cm³/mol. The van der Waals surface area contributed by atoms with Crippen LogP contribution in [-0.2, 0) is 0 Å². The summed E-state index contributed by atoms with van der Waals surface area (Å²) in [6, 6.07) is 8.10. The number of para-hydroxylation sites is 1. The second-order valence-corrected chi connectivity index (χ2v) is 6.02. The zero-order valence-corrected chi connectivity index (χ0v) is 15.3. The second kappa shape index (κ2) is 8.42. The molecule has 0 aliphatic carbocycles. The summed E-state index contributed by atoms with van der Waals surface area (Å²) in [5.41, 5.74) is 1.36. The van der Waals surface area contributed by atoms with Gasteiger partial charge >= 0.3 is 6.03 Å². The molecule has 2 amide bonds. The first kappa shape index (κ1) is 19.2. The van der Waals surface area contributed by atoms with Crippen LogP contribution in [0.4, 0.5) is 25.1 Å². The maximum atomic E-state index is 13.5. The molecule has 3 N–H and O–H groups in total. The minimum Gasteiger partial charge on any atom is -0.367 e. The molecule has 0 saturated carbocycles. The van der Waals surface area contributed by atoms with Crippen molar-refractivity contribution < 1.29 is 13.6 Å². The number of halogens is 2. The Labute approximate surface area is 160 Å². The molecule has 146 valence electrons. The number of benzene rings is 1. The third-order valence-corrected chi connectivity index (χ3v) is 3.80. The Balaban J connectivity index is 1.46. The van der Waals surface area contributed by atoms with Crippen LogP contribution in [0.5, 0.6) is 0 Å². The smallest absolute Gasteiger partial charge is 0.319 e. The van der Waals surface area contributed by atoms with Gasteiger partial charge in [-0.3, -0.25) is 0 Å². The van der Waals surface area contributed by atoms with Gasteiger partial charge in [0.15, 0.2) is 5.82 Å². The molecule has 28 heavy (non-hydrogen) atoms. The fraction of sp³-hybridized carbons (Fsp3) is 0.222. The van der Waals surface area contributed by atoms with E-state index in [-0.39, 0.29) is 6.54 Å². The highest BCUT2D eigenvalue weighted by atomic mass is 19.1. The molecule has 0 aliphatic heterocycles. The van der Waals surface area contributed by atoms with Gasteiger partial charge in [-0.05, 0) is 44.2 Å². The maximum Gasteiger partial charge on any atom is 0.319 e. The van der Waals surface area contributed by atoms with Gasteiger partial charge in [0, 0.05) is 18.8 Å². The molecular weight excluding hydrogens is 368 g/mol. The van der Waals surface area contributed by atoms with E-state index in [0.29, 0.717) is 18.2 Å². The van der Waals surface area contributed by atoms with Crippen molar-refractivity contribution in [1.29, 1.82) is 0 Å². The molecule has 2 heterocycles. The van der Waals surface area contributed by atoms with Crippen LogP contribution in [0.25, 0.3) is 5.82 Å². The zero-order chi connectivity index (χ0) is 20.1. The van der Waals surface area contributed by atoms with E-state index in [1.165, 1.54) is 6.07 Å². The van der Waals surface area contributed by atoms with Crippen LogP contribution < -0.4 is 16.0 Å². The molecule has 2 aromatic heterocycles. The minimum absolute atomic E-state index is 0.211. The number of urea groups is 1. The molecule has 3 rings (SSSR count). The monoisotopic (exact) mass is 387 g/mol. The molecule has 8 nitrogen and oxygen atoms in total. The molecule has 0 atom stereocenters. The Bertz CT molecular complexity index is 952. The maximum absolute atomic E-state index is 13.5. The Kier molecular flexibility index (Phi) is 5.78. The first-order valence-corrected chi connectivity index (χ1v) is 8.54.